The molecule has 0 unspecified atom stereocenters. The molecule has 0 aromatic heterocycles. The van der Waals surface area contributed by atoms with Gasteiger partial charge in [0.2, 0.25) is 5.91 Å². The Hall–Kier alpha value is -2.73. The molecule has 3 nitrogen and oxygen atoms in total. The predicted molar refractivity (Wildman–Crippen MR) is 87.6 cm³/mol. The van der Waals surface area contributed by atoms with Gasteiger partial charge in [-0.1, -0.05) is 24.0 Å². The van der Waals surface area contributed by atoms with Crippen LogP contribution in [-0.2, 0) is 4.79 Å². The SMILES string of the molecule is CCNC(=O)[C@H](C)c1ccc(C#Cc2ccc(O)cc2)cc1. The number of aromatic hydroxyl groups is 1. The summed E-state index contributed by atoms with van der Waals surface area (Å²) in [4.78, 5) is 11.8. The highest BCUT2D eigenvalue weighted by molar-refractivity contribution is 5.83. The molecule has 0 heterocycles. The Morgan fingerprint density at radius 2 is 1.55 bits per heavy atom. The monoisotopic (exact) mass is 293 g/mol. The average Bonchev–Trinajstić information content (AvgIpc) is 2.54. The minimum atomic E-state index is -0.168. The minimum absolute atomic E-state index is 0.0328. The summed E-state index contributed by atoms with van der Waals surface area (Å²) in [5.41, 5.74) is 2.71. The van der Waals surface area contributed by atoms with Gasteiger partial charge in [0.1, 0.15) is 5.75 Å². The third kappa shape index (κ3) is 4.13. The minimum Gasteiger partial charge on any atom is -0.508 e. The molecular weight excluding hydrogens is 274 g/mol. The summed E-state index contributed by atoms with van der Waals surface area (Å²) in [6.45, 7) is 4.44. The van der Waals surface area contributed by atoms with Crippen LogP contribution in [0.4, 0.5) is 0 Å². The second-order valence-electron chi connectivity index (χ2n) is 5.04. The average molecular weight is 293 g/mol. The molecule has 2 rings (SSSR count). The number of amides is 1. The third-order valence-electron chi connectivity index (χ3n) is 3.37. The summed E-state index contributed by atoms with van der Waals surface area (Å²) in [6.07, 6.45) is 0. The van der Waals surface area contributed by atoms with E-state index in [4.69, 9.17) is 0 Å². The maximum absolute atomic E-state index is 11.8. The Morgan fingerprint density at radius 1 is 1.05 bits per heavy atom. The highest BCUT2D eigenvalue weighted by Gasteiger charge is 2.13. The zero-order valence-electron chi connectivity index (χ0n) is 12.8. The van der Waals surface area contributed by atoms with E-state index >= 15 is 0 Å². The molecule has 0 aliphatic heterocycles. The maximum atomic E-state index is 11.8. The van der Waals surface area contributed by atoms with Crippen LogP contribution >= 0.6 is 0 Å². The number of benzene rings is 2. The Morgan fingerprint density at radius 3 is 2.05 bits per heavy atom. The van der Waals surface area contributed by atoms with Crippen molar-refractivity contribution < 1.29 is 9.90 Å². The summed E-state index contributed by atoms with van der Waals surface area (Å²) in [5.74, 6) is 6.20. The van der Waals surface area contributed by atoms with Gasteiger partial charge in [-0.05, 0) is 55.8 Å². The van der Waals surface area contributed by atoms with Gasteiger partial charge in [-0.3, -0.25) is 4.79 Å². The normalized spacial score (nSPS) is 11.2. The van der Waals surface area contributed by atoms with E-state index in [-0.39, 0.29) is 17.6 Å². The number of hydrogen-bond donors (Lipinski definition) is 2. The molecular formula is C19H19NO2. The van der Waals surface area contributed by atoms with Crippen molar-refractivity contribution in [1.29, 1.82) is 0 Å². The fourth-order valence-electron chi connectivity index (χ4n) is 2.02. The molecule has 0 saturated carbocycles. The first-order valence-electron chi connectivity index (χ1n) is 7.29. The molecule has 22 heavy (non-hydrogen) atoms. The molecule has 3 heteroatoms. The molecule has 0 aliphatic carbocycles. The molecule has 0 fully saturated rings. The van der Waals surface area contributed by atoms with Gasteiger partial charge in [-0.15, -0.1) is 0 Å². The second kappa shape index (κ2) is 7.33. The number of rotatable bonds is 3. The zero-order valence-corrected chi connectivity index (χ0v) is 12.8. The maximum Gasteiger partial charge on any atom is 0.227 e. The van der Waals surface area contributed by atoms with Crippen molar-refractivity contribution in [2.45, 2.75) is 19.8 Å². The lowest BCUT2D eigenvalue weighted by Gasteiger charge is -2.11. The fourth-order valence-corrected chi connectivity index (χ4v) is 2.02. The predicted octanol–water partition coefficient (Wildman–Crippen LogP) is 3.03. The van der Waals surface area contributed by atoms with Gasteiger partial charge in [-0.25, -0.2) is 0 Å². The third-order valence-corrected chi connectivity index (χ3v) is 3.37. The summed E-state index contributed by atoms with van der Waals surface area (Å²) in [7, 11) is 0. The number of phenols is 1. The van der Waals surface area contributed by atoms with E-state index < -0.39 is 0 Å². The largest absolute Gasteiger partial charge is 0.508 e. The van der Waals surface area contributed by atoms with Crippen LogP contribution in [0.2, 0.25) is 0 Å². The molecule has 2 aromatic carbocycles. The van der Waals surface area contributed by atoms with Crippen LogP contribution in [0.15, 0.2) is 48.5 Å². The van der Waals surface area contributed by atoms with E-state index in [1.807, 2.05) is 38.1 Å². The van der Waals surface area contributed by atoms with Crippen molar-refractivity contribution in [3.05, 3.63) is 65.2 Å². The van der Waals surface area contributed by atoms with Crippen molar-refractivity contribution in [3.8, 4) is 17.6 Å². The van der Waals surface area contributed by atoms with Crippen LogP contribution in [0.3, 0.4) is 0 Å². The van der Waals surface area contributed by atoms with Crippen molar-refractivity contribution in [2.75, 3.05) is 6.54 Å². The Balaban J connectivity index is 2.09. The number of hydrogen-bond acceptors (Lipinski definition) is 2. The summed E-state index contributed by atoms with van der Waals surface area (Å²) >= 11 is 0. The highest BCUT2D eigenvalue weighted by atomic mass is 16.3. The van der Waals surface area contributed by atoms with Gasteiger partial charge in [-0.2, -0.15) is 0 Å². The van der Waals surface area contributed by atoms with Crippen LogP contribution in [0.25, 0.3) is 0 Å². The van der Waals surface area contributed by atoms with Crippen molar-refractivity contribution in [1.82, 2.24) is 5.32 Å². The smallest absolute Gasteiger partial charge is 0.227 e. The van der Waals surface area contributed by atoms with E-state index in [1.54, 1.807) is 24.3 Å². The molecule has 2 aromatic rings. The van der Waals surface area contributed by atoms with Crippen LogP contribution in [0.1, 0.15) is 36.5 Å². The lowest BCUT2D eigenvalue weighted by molar-refractivity contribution is -0.122. The standard InChI is InChI=1S/C19H19NO2/c1-3-20-19(22)14(2)17-10-6-15(7-11-17)4-5-16-8-12-18(21)13-9-16/h6-14,21H,3H2,1-2H3,(H,20,22)/t14-/m1/s1. The Kier molecular flexibility index (Phi) is 5.21. The topological polar surface area (TPSA) is 49.3 Å². The van der Waals surface area contributed by atoms with E-state index in [0.717, 1.165) is 16.7 Å². The summed E-state index contributed by atoms with van der Waals surface area (Å²) < 4.78 is 0. The molecule has 2 N–H and O–H groups in total. The van der Waals surface area contributed by atoms with E-state index in [1.165, 1.54) is 0 Å². The first-order chi connectivity index (χ1) is 10.6. The lowest BCUT2D eigenvalue weighted by Crippen LogP contribution is -2.27. The van der Waals surface area contributed by atoms with E-state index in [0.29, 0.717) is 6.54 Å². The van der Waals surface area contributed by atoms with Gasteiger partial charge in [0, 0.05) is 17.7 Å². The zero-order chi connectivity index (χ0) is 15.9. The highest BCUT2D eigenvalue weighted by Crippen LogP contribution is 2.16. The molecule has 1 amide bonds. The molecule has 1 atom stereocenters. The Bertz CT molecular complexity index is 691. The van der Waals surface area contributed by atoms with E-state index in [9.17, 15) is 9.90 Å². The van der Waals surface area contributed by atoms with Crippen molar-refractivity contribution >= 4 is 5.91 Å². The molecule has 0 bridgehead atoms. The second-order valence-corrected chi connectivity index (χ2v) is 5.04. The van der Waals surface area contributed by atoms with Gasteiger partial charge < -0.3 is 10.4 Å². The van der Waals surface area contributed by atoms with E-state index in [2.05, 4.69) is 17.2 Å². The lowest BCUT2D eigenvalue weighted by atomic mass is 9.99. The van der Waals surface area contributed by atoms with Crippen LogP contribution in [0.5, 0.6) is 5.75 Å². The number of carbonyl (C=O) groups excluding carboxylic acids is 1. The number of carbonyl (C=O) groups is 1. The quantitative estimate of drug-likeness (QED) is 0.855. The van der Waals surface area contributed by atoms with Crippen LogP contribution < -0.4 is 5.32 Å². The molecule has 0 saturated heterocycles. The summed E-state index contributed by atoms with van der Waals surface area (Å²) in [6, 6.07) is 14.5. The first-order valence-corrected chi connectivity index (χ1v) is 7.29. The molecule has 0 aliphatic rings. The van der Waals surface area contributed by atoms with Gasteiger partial charge in [0.05, 0.1) is 5.92 Å². The van der Waals surface area contributed by atoms with Crippen LogP contribution in [-0.4, -0.2) is 17.6 Å². The van der Waals surface area contributed by atoms with Crippen molar-refractivity contribution in [3.63, 3.8) is 0 Å². The molecule has 0 spiro atoms. The fraction of sp³-hybridized carbons (Fsp3) is 0.211. The number of phenolic OH excluding ortho intramolecular Hbond substituents is 1. The van der Waals surface area contributed by atoms with Gasteiger partial charge in [0.15, 0.2) is 0 Å². The summed E-state index contributed by atoms with van der Waals surface area (Å²) in [5, 5.41) is 12.0. The first kappa shape index (κ1) is 15.7. The molecule has 112 valence electrons. The van der Waals surface area contributed by atoms with Gasteiger partial charge >= 0.3 is 0 Å². The molecule has 0 radical (unpaired) electrons. The Labute approximate surface area is 131 Å². The van der Waals surface area contributed by atoms with Crippen molar-refractivity contribution in [2.24, 2.45) is 0 Å². The van der Waals surface area contributed by atoms with Crippen LogP contribution in [0, 0.1) is 11.8 Å². The number of likely N-dealkylation sites (N-methyl/N-ethyl adjacent to an activating group) is 1. The number of nitrogens with one attached hydrogen (secondary N) is 1. The van der Waals surface area contributed by atoms with Gasteiger partial charge in [0.25, 0.3) is 0 Å².